The number of pyridine rings is 1. The van der Waals surface area contributed by atoms with Crippen LogP contribution in [0.15, 0.2) is 45.6 Å². The third kappa shape index (κ3) is 5.09. The number of ether oxygens (including phenoxy) is 1. The predicted octanol–water partition coefficient (Wildman–Crippen LogP) is 4.69. The second kappa shape index (κ2) is 8.51. The van der Waals surface area contributed by atoms with Crippen molar-refractivity contribution in [3.05, 3.63) is 56.7 Å². The molecule has 0 amide bonds. The summed E-state index contributed by atoms with van der Waals surface area (Å²) in [5, 5.41) is 3.41. The van der Waals surface area contributed by atoms with Crippen LogP contribution in [0, 0.1) is 0 Å². The van der Waals surface area contributed by atoms with Gasteiger partial charge in [0.2, 0.25) is 0 Å². The summed E-state index contributed by atoms with van der Waals surface area (Å²) < 4.78 is 7.67. The van der Waals surface area contributed by atoms with Crippen LogP contribution in [0.2, 0.25) is 0 Å². The lowest BCUT2D eigenvalue weighted by atomic mass is 10.2. The first-order chi connectivity index (χ1) is 10.2. The van der Waals surface area contributed by atoms with Crippen LogP contribution in [0.1, 0.15) is 24.5 Å². The topological polar surface area (TPSA) is 34.1 Å². The van der Waals surface area contributed by atoms with Crippen LogP contribution in [0.3, 0.4) is 0 Å². The molecule has 2 rings (SSSR count). The van der Waals surface area contributed by atoms with Crippen molar-refractivity contribution in [1.29, 1.82) is 0 Å². The molecule has 3 nitrogen and oxygen atoms in total. The molecule has 1 aromatic heterocycles. The summed E-state index contributed by atoms with van der Waals surface area (Å²) in [5.74, 6) is 0.868. The molecule has 0 saturated heterocycles. The van der Waals surface area contributed by atoms with Crippen LogP contribution in [0.25, 0.3) is 0 Å². The van der Waals surface area contributed by atoms with Crippen molar-refractivity contribution in [3.63, 3.8) is 0 Å². The molecule has 0 unspecified atom stereocenters. The van der Waals surface area contributed by atoms with Gasteiger partial charge in [0.25, 0.3) is 0 Å². The highest BCUT2D eigenvalue weighted by Gasteiger charge is 2.08. The molecule has 5 heteroatoms. The van der Waals surface area contributed by atoms with Gasteiger partial charge in [0.05, 0.1) is 15.6 Å². The molecule has 0 aliphatic rings. The van der Waals surface area contributed by atoms with Gasteiger partial charge in [-0.3, -0.25) is 4.98 Å². The maximum absolute atomic E-state index is 5.72. The first-order valence-electron chi connectivity index (χ1n) is 6.91. The minimum atomic E-state index is 0.718. The SMILES string of the molecule is CCCOc1c(Br)cc(CNCc2cccnc2)cc1Br. The van der Waals surface area contributed by atoms with Crippen molar-refractivity contribution in [3.8, 4) is 5.75 Å². The normalized spacial score (nSPS) is 10.6. The summed E-state index contributed by atoms with van der Waals surface area (Å²) in [4.78, 5) is 4.11. The van der Waals surface area contributed by atoms with E-state index in [9.17, 15) is 0 Å². The second-order valence-corrected chi connectivity index (χ2v) is 6.41. The molecular formula is C16H18Br2N2O. The molecule has 0 atom stereocenters. The zero-order valence-electron chi connectivity index (χ0n) is 11.9. The molecule has 112 valence electrons. The van der Waals surface area contributed by atoms with Gasteiger partial charge in [0.1, 0.15) is 5.75 Å². The summed E-state index contributed by atoms with van der Waals surface area (Å²) in [6.45, 7) is 4.41. The molecule has 2 aromatic rings. The minimum absolute atomic E-state index is 0.718. The number of hydrogen-bond acceptors (Lipinski definition) is 3. The van der Waals surface area contributed by atoms with E-state index in [1.807, 2.05) is 12.3 Å². The van der Waals surface area contributed by atoms with Crippen molar-refractivity contribution < 1.29 is 4.74 Å². The summed E-state index contributed by atoms with van der Waals surface area (Å²) in [5.41, 5.74) is 2.38. The largest absolute Gasteiger partial charge is 0.491 e. The van der Waals surface area contributed by atoms with Crippen LogP contribution in [-0.4, -0.2) is 11.6 Å². The third-order valence-corrected chi connectivity index (χ3v) is 4.07. The Morgan fingerprint density at radius 2 is 1.86 bits per heavy atom. The number of nitrogens with zero attached hydrogens (tertiary/aromatic N) is 1. The average Bonchev–Trinajstić information content (AvgIpc) is 2.48. The molecule has 0 spiro atoms. The monoisotopic (exact) mass is 412 g/mol. The fourth-order valence-corrected chi connectivity index (χ4v) is 3.42. The van der Waals surface area contributed by atoms with Gasteiger partial charge in [-0.05, 0) is 67.6 Å². The maximum Gasteiger partial charge on any atom is 0.147 e. The van der Waals surface area contributed by atoms with Crippen molar-refractivity contribution in [1.82, 2.24) is 10.3 Å². The number of halogens is 2. The third-order valence-electron chi connectivity index (χ3n) is 2.89. The van der Waals surface area contributed by atoms with E-state index in [-0.39, 0.29) is 0 Å². The molecule has 1 heterocycles. The summed E-state index contributed by atoms with van der Waals surface area (Å²) in [7, 11) is 0. The van der Waals surface area contributed by atoms with E-state index in [0.717, 1.165) is 40.8 Å². The molecule has 0 fully saturated rings. The van der Waals surface area contributed by atoms with E-state index in [2.05, 4.69) is 67.3 Å². The lowest BCUT2D eigenvalue weighted by Crippen LogP contribution is -2.13. The van der Waals surface area contributed by atoms with Gasteiger partial charge >= 0.3 is 0 Å². The smallest absolute Gasteiger partial charge is 0.147 e. The quantitative estimate of drug-likeness (QED) is 0.715. The number of benzene rings is 1. The van der Waals surface area contributed by atoms with Crippen LogP contribution >= 0.6 is 31.9 Å². The van der Waals surface area contributed by atoms with Crippen LogP contribution < -0.4 is 10.1 Å². The van der Waals surface area contributed by atoms with Crippen molar-refractivity contribution >= 4 is 31.9 Å². The molecule has 21 heavy (non-hydrogen) atoms. The van der Waals surface area contributed by atoms with Gasteiger partial charge in [-0.1, -0.05) is 13.0 Å². The lowest BCUT2D eigenvalue weighted by molar-refractivity contribution is 0.313. The summed E-state index contributed by atoms with van der Waals surface area (Å²) >= 11 is 7.14. The first-order valence-corrected chi connectivity index (χ1v) is 8.49. The fourth-order valence-electron chi connectivity index (χ4n) is 1.91. The molecule has 0 bridgehead atoms. The van der Waals surface area contributed by atoms with Crippen molar-refractivity contribution in [2.45, 2.75) is 26.4 Å². The Labute approximate surface area is 142 Å². The van der Waals surface area contributed by atoms with E-state index in [1.165, 1.54) is 11.1 Å². The fraction of sp³-hybridized carbons (Fsp3) is 0.312. The Morgan fingerprint density at radius 1 is 1.14 bits per heavy atom. The van der Waals surface area contributed by atoms with Gasteiger partial charge in [0, 0.05) is 25.5 Å². The minimum Gasteiger partial charge on any atom is -0.491 e. The van der Waals surface area contributed by atoms with Gasteiger partial charge < -0.3 is 10.1 Å². The summed E-state index contributed by atoms with van der Waals surface area (Å²) in [6.07, 6.45) is 4.65. The molecule has 0 aliphatic heterocycles. The van der Waals surface area contributed by atoms with E-state index >= 15 is 0 Å². The Hall–Kier alpha value is -0.910. The predicted molar refractivity (Wildman–Crippen MR) is 92.4 cm³/mol. The molecule has 0 saturated carbocycles. The number of hydrogen-bond donors (Lipinski definition) is 1. The average molecular weight is 414 g/mol. The van der Waals surface area contributed by atoms with Gasteiger partial charge in [-0.15, -0.1) is 0 Å². The highest BCUT2D eigenvalue weighted by molar-refractivity contribution is 9.11. The van der Waals surface area contributed by atoms with Gasteiger partial charge in [-0.2, -0.15) is 0 Å². The van der Waals surface area contributed by atoms with Gasteiger partial charge in [-0.25, -0.2) is 0 Å². The highest BCUT2D eigenvalue weighted by atomic mass is 79.9. The Morgan fingerprint density at radius 3 is 2.48 bits per heavy atom. The van der Waals surface area contributed by atoms with E-state index in [0.29, 0.717) is 0 Å². The molecule has 0 radical (unpaired) electrons. The zero-order chi connectivity index (χ0) is 15.1. The lowest BCUT2D eigenvalue weighted by Gasteiger charge is -2.12. The Balaban J connectivity index is 1.95. The van der Waals surface area contributed by atoms with E-state index < -0.39 is 0 Å². The zero-order valence-corrected chi connectivity index (χ0v) is 15.1. The number of nitrogens with one attached hydrogen (secondary N) is 1. The highest BCUT2D eigenvalue weighted by Crippen LogP contribution is 2.34. The molecule has 1 N–H and O–H groups in total. The van der Waals surface area contributed by atoms with Crippen LogP contribution in [-0.2, 0) is 13.1 Å². The van der Waals surface area contributed by atoms with E-state index in [4.69, 9.17) is 4.74 Å². The molecular weight excluding hydrogens is 396 g/mol. The number of rotatable bonds is 7. The van der Waals surface area contributed by atoms with Crippen molar-refractivity contribution in [2.24, 2.45) is 0 Å². The first kappa shape index (κ1) is 16.5. The standard InChI is InChI=1S/C16H18Br2N2O/c1-2-6-21-16-14(17)7-13(8-15(16)18)11-20-10-12-4-3-5-19-9-12/h3-5,7-9,20H,2,6,10-11H2,1H3. The Bertz CT molecular complexity index is 553. The van der Waals surface area contributed by atoms with Crippen molar-refractivity contribution in [2.75, 3.05) is 6.61 Å². The van der Waals surface area contributed by atoms with Crippen LogP contribution in [0.5, 0.6) is 5.75 Å². The number of aromatic nitrogens is 1. The molecule has 0 aliphatic carbocycles. The summed E-state index contributed by atoms with van der Waals surface area (Å²) in [6, 6.07) is 8.19. The van der Waals surface area contributed by atoms with Gasteiger partial charge in [0.15, 0.2) is 0 Å². The van der Waals surface area contributed by atoms with E-state index in [1.54, 1.807) is 6.20 Å². The molecule has 1 aromatic carbocycles. The Kier molecular flexibility index (Phi) is 6.67. The van der Waals surface area contributed by atoms with Crippen LogP contribution in [0.4, 0.5) is 0 Å². The second-order valence-electron chi connectivity index (χ2n) is 4.70. The maximum atomic E-state index is 5.72.